The van der Waals surface area contributed by atoms with Gasteiger partial charge in [-0.15, -0.1) is 0 Å². The van der Waals surface area contributed by atoms with Gasteiger partial charge in [-0.1, -0.05) is 48.4 Å². The van der Waals surface area contributed by atoms with Gasteiger partial charge in [-0.2, -0.15) is 0 Å². The molecule has 0 unspecified atom stereocenters. The van der Waals surface area contributed by atoms with Gasteiger partial charge in [0, 0.05) is 47.6 Å². The first-order valence-electron chi connectivity index (χ1n) is 19.9. The second-order valence-electron chi connectivity index (χ2n) is 18.2. The van der Waals surface area contributed by atoms with Crippen molar-refractivity contribution in [2.24, 2.45) is 28.6 Å². The maximum absolute atomic E-state index is 15.0. The van der Waals surface area contributed by atoms with Gasteiger partial charge in [0.2, 0.25) is 0 Å². The number of aliphatic hydroxyl groups is 4. The third-order valence-electron chi connectivity index (χ3n) is 14.3. The van der Waals surface area contributed by atoms with E-state index in [1.165, 1.54) is 56.2 Å². The SMILES string of the molecule is CC1=CCC[C@@]2(C)[C@@H](CC[C@@]2(O)CN(C[C@H](O)CO)CC23CC4CC(CC(C4)C2)C3)c2ccc(cc2C(=O)Cc2c(F)cccc2Cl)C[C@@H](O)CC1. The number of fused-ring (bicyclic) bond motifs is 8. The fourth-order valence-electron chi connectivity index (χ4n) is 12.1. The van der Waals surface area contributed by atoms with E-state index in [0.29, 0.717) is 50.8 Å². The molecule has 4 N–H and O–H groups in total. The Kier molecular flexibility index (Phi) is 11.1. The molecule has 9 rings (SSSR count). The van der Waals surface area contributed by atoms with Crippen LogP contribution in [-0.2, 0) is 12.8 Å². The largest absolute Gasteiger partial charge is 0.394 e. The Balaban J connectivity index is 1.25. The van der Waals surface area contributed by atoms with Crippen molar-refractivity contribution in [3.63, 3.8) is 0 Å². The van der Waals surface area contributed by atoms with Gasteiger partial charge < -0.3 is 20.4 Å². The Morgan fingerprint density at radius 3 is 2.42 bits per heavy atom. The van der Waals surface area contributed by atoms with Gasteiger partial charge in [0.1, 0.15) is 5.82 Å². The van der Waals surface area contributed by atoms with Crippen LogP contribution in [0.1, 0.15) is 124 Å². The molecule has 8 heteroatoms. The summed E-state index contributed by atoms with van der Waals surface area (Å²) in [6.07, 6.45) is 12.7. The molecule has 6 bridgehead atoms. The van der Waals surface area contributed by atoms with Gasteiger partial charge in [-0.25, -0.2) is 4.39 Å². The Morgan fingerprint density at radius 1 is 1.04 bits per heavy atom. The van der Waals surface area contributed by atoms with Crippen LogP contribution in [0.15, 0.2) is 48.0 Å². The van der Waals surface area contributed by atoms with Gasteiger partial charge >= 0.3 is 0 Å². The molecule has 7 aliphatic rings. The van der Waals surface area contributed by atoms with Crippen molar-refractivity contribution in [2.45, 2.75) is 127 Å². The number of hydrogen-bond donors (Lipinski definition) is 4. The maximum atomic E-state index is 15.0. The van der Waals surface area contributed by atoms with Crippen molar-refractivity contribution in [2.75, 3.05) is 26.2 Å². The molecule has 0 heterocycles. The standard InChI is InChI=1S/C44H59ClFNO5/c1-28-5-4-13-42(2)38(35-11-9-29(18-33(49)10-8-28)19-36(35)41(51)20-37-39(45)6-3-7-40(37)46)12-14-44(42,52)27-47(24-34(50)25-48)26-43-21-30-15-31(22-43)17-32(16-30)23-43/h3,5-7,9,11,19,30-34,38,48-50,52H,4,8,10,12-18,20-27H2,1-2H3/t30?,31?,32?,33-,34-,38-,42-,43?,44+/m0/s1. The highest BCUT2D eigenvalue weighted by atomic mass is 35.5. The van der Waals surface area contributed by atoms with E-state index in [0.717, 1.165) is 48.3 Å². The van der Waals surface area contributed by atoms with Gasteiger partial charge in [0.15, 0.2) is 5.78 Å². The normalized spacial score (nSPS) is 35.0. The van der Waals surface area contributed by atoms with Crippen LogP contribution in [0.2, 0.25) is 5.02 Å². The lowest BCUT2D eigenvalue weighted by molar-refractivity contribution is -0.114. The van der Waals surface area contributed by atoms with Crippen molar-refractivity contribution in [1.29, 1.82) is 0 Å². The molecule has 52 heavy (non-hydrogen) atoms. The van der Waals surface area contributed by atoms with Crippen LogP contribution in [-0.4, -0.2) is 75.2 Å². The minimum atomic E-state index is -1.13. The minimum Gasteiger partial charge on any atom is -0.394 e. The van der Waals surface area contributed by atoms with Crippen LogP contribution in [0.25, 0.3) is 0 Å². The van der Waals surface area contributed by atoms with E-state index in [-0.39, 0.29) is 40.7 Å². The zero-order chi connectivity index (χ0) is 36.8. The highest BCUT2D eigenvalue weighted by molar-refractivity contribution is 6.31. The number of allylic oxidation sites excluding steroid dienone is 2. The second kappa shape index (κ2) is 15.2. The number of carbonyl (C=O) groups is 1. The lowest BCUT2D eigenvalue weighted by atomic mass is 9.49. The predicted octanol–water partition coefficient (Wildman–Crippen LogP) is 7.81. The van der Waals surface area contributed by atoms with E-state index in [1.54, 1.807) is 6.07 Å². The molecule has 5 atom stereocenters. The highest BCUT2D eigenvalue weighted by Crippen LogP contribution is 2.62. The van der Waals surface area contributed by atoms with Crippen molar-refractivity contribution < 1.29 is 29.6 Å². The Morgan fingerprint density at radius 2 is 1.75 bits per heavy atom. The number of ketones is 1. The summed E-state index contributed by atoms with van der Waals surface area (Å²) >= 11 is 6.41. The molecule has 0 radical (unpaired) electrons. The fourth-order valence-corrected chi connectivity index (χ4v) is 12.3. The van der Waals surface area contributed by atoms with Crippen LogP contribution in [0.4, 0.5) is 4.39 Å². The molecule has 2 aromatic carbocycles. The van der Waals surface area contributed by atoms with Crippen LogP contribution >= 0.6 is 11.6 Å². The number of benzene rings is 2. The van der Waals surface area contributed by atoms with Crippen LogP contribution < -0.4 is 0 Å². The Labute approximate surface area is 314 Å². The third kappa shape index (κ3) is 7.70. The third-order valence-corrected chi connectivity index (χ3v) is 14.6. The van der Waals surface area contributed by atoms with E-state index >= 15 is 0 Å². The molecule has 0 aromatic heterocycles. The summed E-state index contributed by atoms with van der Waals surface area (Å²) in [5, 5.41) is 45.1. The van der Waals surface area contributed by atoms with E-state index < -0.39 is 29.0 Å². The number of aliphatic hydroxyl groups excluding tert-OH is 3. The lowest BCUT2D eigenvalue weighted by Crippen LogP contribution is -2.57. The fraction of sp³-hybridized carbons (Fsp3) is 0.659. The molecule has 0 saturated heterocycles. The van der Waals surface area contributed by atoms with Crippen molar-refractivity contribution in [3.05, 3.63) is 81.1 Å². The summed E-state index contributed by atoms with van der Waals surface area (Å²) in [5.41, 5.74) is 2.04. The number of carbonyl (C=O) groups excluding carboxylic acids is 1. The Bertz CT molecular complexity index is 1610. The van der Waals surface area contributed by atoms with E-state index in [4.69, 9.17) is 11.6 Å². The summed E-state index contributed by atoms with van der Waals surface area (Å²) < 4.78 is 15.0. The molecule has 7 aliphatic carbocycles. The first-order chi connectivity index (χ1) is 24.8. The highest BCUT2D eigenvalue weighted by Gasteiger charge is 2.58. The molecule has 0 aliphatic heterocycles. The summed E-state index contributed by atoms with van der Waals surface area (Å²) in [4.78, 5) is 16.6. The van der Waals surface area contributed by atoms with E-state index in [9.17, 15) is 29.6 Å². The number of nitrogens with zero attached hydrogens (tertiary/aromatic N) is 1. The average molecular weight is 736 g/mol. The minimum absolute atomic E-state index is 0.160. The van der Waals surface area contributed by atoms with Gasteiger partial charge in [0.05, 0.1) is 24.4 Å². The number of rotatable bonds is 10. The molecule has 2 aromatic rings. The molecule has 5 fully saturated rings. The molecular weight excluding hydrogens is 677 g/mol. The smallest absolute Gasteiger partial charge is 0.167 e. The quantitative estimate of drug-likeness (QED) is 0.147. The molecule has 284 valence electrons. The summed E-state index contributed by atoms with van der Waals surface area (Å²) in [6.45, 7) is 5.49. The second-order valence-corrected chi connectivity index (χ2v) is 18.6. The summed E-state index contributed by atoms with van der Waals surface area (Å²) in [6, 6.07) is 10.4. The monoisotopic (exact) mass is 735 g/mol. The summed E-state index contributed by atoms with van der Waals surface area (Å²) in [5.74, 6) is 1.44. The first kappa shape index (κ1) is 38.2. The molecule has 5 saturated carbocycles. The molecular formula is C44H59ClFNO5. The van der Waals surface area contributed by atoms with Gasteiger partial charge in [-0.05, 0) is 149 Å². The zero-order valence-corrected chi connectivity index (χ0v) is 31.9. The van der Waals surface area contributed by atoms with Crippen LogP contribution in [0.3, 0.4) is 0 Å². The Hall–Kier alpha value is -2.13. The van der Waals surface area contributed by atoms with Crippen molar-refractivity contribution in [1.82, 2.24) is 4.90 Å². The first-order valence-corrected chi connectivity index (χ1v) is 20.3. The van der Waals surface area contributed by atoms with E-state index in [1.807, 2.05) is 18.2 Å². The number of halogens is 2. The average Bonchev–Trinajstić information content (AvgIpc) is 3.33. The lowest BCUT2D eigenvalue weighted by Gasteiger charge is -2.58. The molecule has 0 amide bonds. The predicted molar refractivity (Wildman–Crippen MR) is 203 cm³/mol. The molecule has 0 spiro atoms. The van der Waals surface area contributed by atoms with Crippen LogP contribution in [0, 0.1) is 34.4 Å². The zero-order valence-electron chi connectivity index (χ0n) is 31.1. The maximum Gasteiger partial charge on any atom is 0.167 e. The van der Waals surface area contributed by atoms with Crippen LogP contribution in [0.5, 0.6) is 0 Å². The molecule has 6 nitrogen and oxygen atoms in total. The van der Waals surface area contributed by atoms with E-state index in [2.05, 4.69) is 24.8 Å². The topological polar surface area (TPSA) is 101 Å². The number of hydrogen-bond acceptors (Lipinski definition) is 6. The van der Waals surface area contributed by atoms with Crippen molar-refractivity contribution >= 4 is 17.4 Å². The number of Topliss-reactive ketones (excluding diaryl/α,β-unsaturated/α-hetero) is 1. The summed E-state index contributed by atoms with van der Waals surface area (Å²) in [7, 11) is 0. The van der Waals surface area contributed by atoms with Gasteiger partial charge in [0.25, 0.3) is 0 Å². The van der Waals surface area contributed by atoms with Gasteiger partial charge in [-0.3, -0.25) is 9.69 Å². The van der Waals surface area contributed by atoms with Crippen molar-refractivity contribution in [3.8, 4) is 0 Å².